The summed E-state index contributed by atoms with van der Waals surface area (Å²) in [5.74, 6) is 0. The lowest BCUT2D eigenvalue weighted by molar-refractivity contribution is 0.154. The fraction of sp³-hybridized carbons (Fsp3) is 1.00. The van der Waals surface area contributed by atoms with E-state index < -0.39 is 11.3 Å². The van der Waals surface area contributed by atoms with E-state index in [1.807, 2.05) is 6.92 Å². The van der Waals surface area contributed by atoms with Crippen LogP contribution in [-0.2, 0) is 0 Å². The van der Waals surface area contributed by atoms with Gasteiger partial charge in [0.2, 0.25) is 0 Å². The number of halogens is 2. The Morgan fingerprint density at radius 3 is 1.69 bits per heavy atom. The molecular weight excluding hydrogens is 206 g/mol. The Morgan fingerprint density at radius 1 is 0.750 bits per heavy atom. The summed E-state index contributed by atoms with van der Waals surface area (Å²) in [6.45, 7) is 6.95. The second kappa shape index (κ2) is 7.24. The van der Waals surface area contributed by atoms with Crippen LogP contribution in [0.3, 0.4) is 0 Å². The van der Waals surface area contributed by atoms with E-state index in [1.165, 1.54) is 0 Å². The molecule has 0 N–H and O–H groups in total. The van der Waals surface area contributed by atoms with Crippen LogP contribution in [0.2, 0.25) is 0 Å². The number of rotatable bonds is 9. The molecule has 2 heteroatoms. The van der Waals surface area contributed by atoms with E-state index in [0.29, 0.717) is 19.3 Å². The maximum Gasteiger partial charge on any atom is 0.108 e. The highest BCUT2D eigenvalue weighted by molar-refractivity contribution is 4.72. The van der Waals surface area contributed by atoms with Crippen molar-refractivity contribution in [2.45, 2.75) is 90.4 Å². The Balaban J connectivity index is 3.40. The van der Waals surface area contributed by atoms with Crippen molar-refractivity contribution in [3.05, 3.63) is 0 Å². The van der Waals surface area contributed by atoms with Crippen LogP contribution in [0, 0.1) is 0 Å². The van der Waals surface area contributed by atoms with Crippen LogP contribution in [0.25, 0.3) is 0 Å². The molecule has 0 heterocycles. The van der Waals surface area contributed by atoms with Gasteiger partial charge in [0, 0.05) is 0 Å². The maximum absolute atomic E-state index is 13.7. The highest BCUT2D eigenvalue weighted by Crippen LogP contribution is 2.25. The zero-order valence-electron chi connectivity index (χ0n) is 11.4. The lowest BCUT2D eigenvalue weighted by atomic mass is 9.94. The van der Waals surface area contributed by atoms with E-state index in [9.17, 15) is 8.78 Å². The van der Waals surface area contributed by atoms with Crippen molar-refractivity contribution in [3.8, 4) is 0 Å². The minimum Gasteiger partial charge on any atom is -0.245 e. The summed E-state index contributed by atoms with van der Waals surface area (Å²) >= 11 is 0. The van der Waals surface area contributed by atoms with Crippen molar-refractivity contribution in [3.63, 3.8) is 0 Å². The van der Waals surface area contributed by atoms with E-state index in [1.54, 1.807) is 20.8 Å². The summed E-state index contributed by atoms with van der Waals surface area (Å²) in [4.78, 5) is 0. The lowest BCUT2D eigenvalue weighted by Crippen LogP contribution is -2.17. The molecule has 0 rings (SSSR count). The molecule has 0 saturated carbocycles. The molecule has 0 nitrogen and oxygen atoms in total. The van der Waals surface area contributed by atoms with Crippen molar-refractivity contribution < 1.29 is 8.78 Å². The Morgan fingerprint density at radius 2 is 1.25 bits per heavy atom. The zero-order chi connectivity index (χ0) is 12.7. The Hall–Kier alpha value is -0.140. The third kappa shape index (κ3) is 10.4. The fourth-order valence-electron chi connectivity index (χ4n) is 2.04. The monoisotopic (exact) mass is 234 g/mol. The molecule has 16 heavy (non-hydrogen) atoms. The summed E-state index contributed by atoms with van der Waals surface area (Å²) in [6, 6.07) is 0. The molecule has 0 aliphatic rings. The molecule has 1 unspecified atom stereocenters. The third-order valence-electron chi connectivity index (χ3n) is 2.99. The first-order valence-corrected chi connectivity index (χ1v) is 6.65. The molecule has 0 bridgehead atoms. The summed E-state index contributed by atoms with van der Waals surface area (Å²) in [5.41, 5.74) is -2.04. The Labute approximate surface area is 99.8 Å². The van der Waals surface area contributed by atoms with E-state index in [2.05, 4.69) is 0 Å². The van der Waals surface area contributed by atoms with Crippen LogP contribution < -0.4 is 0 Å². The smallest absolute Gasteiger partial charge is 0.108 e. The number of alkyl halides is 2. The van der Waals surface area contributed by atoms with Gasteiger partial charge in [0.1, 0.15) is 11.3 Å². The van der Waals surface area contributed by atoms with Crippen LogP contribution in [0.5, 0.6) is 0 Å². The maximum atomic E-state index is 13.7. The Kier molecular flexibility index (Phi) is 7.17. The van der Waals surface area contributed by atoms with Crippen LogP contribution >= 0.6 is 0 Å². The summed E-state index contributed by atoms with van der Waals surface area (Å²) in [6.07, 6.45) is 6.73. The van der Waals surface area contributed by atoms with E-state index >= 15 is 0 Å². The lowest BCUT2D eigenvalue weighted by Gasteiger charge is -2.19. The fourth-order valence-corrected chi connectivity index (χ4v) is 2.04. The van der Waals surface area contributed by atoms with Crippen LogP contribution in [0.4, 0.5) is 8.78 Å². The average Bonchev–Trinajstić information content (AvgIpc) is 2.09. The average molecular weight is 234 g/mol. The van der Waals surface area contributed by atoms with Crippen molar-refractivity contribution in [1.82, 2.24) is 0 Å². The SMILES string of the molecule is CCCC(C)(F)CCCCCCC(C)(C)F. The first-order valence-electron chi connectivity index (χ1n) is 6.65. The van der Waals surface area contributed by atoms with Gasteiger partial charge in [-0.05, 0) is 40.0 Å². The summed E-state index contributed by atoms with van der Waals surface area (Å²) < 4.78 is 26.9. The Bertz CT molecular complexity index is 168. The minimum absolute atomic E-state index is 0.620. The minimum atomic E-state index is -1.04. The molecule has 0 aromatic rings. The zero-order valence-corrected chi connectivity index (χ0v) is 11.4. The summed E-state index contributed by atoms with van der Waals surface area (Å²) in [5, 5.41) is 0. The molecule has 0 amide bonds. The van der Waals surface area contributed by atoms with E-state index in [0.717, 1.165) is 32.1 Å². The summed E-state index contributed by atoms with van der Waals surface area (Å²) in [7, 11) is 0. The normalized spacial score (nSPS) is 16.1. The van der Waals surface area contributed by atoms with Crippen molar-refractivity contribution in [1.29, 1.82) is 0 Å². The van der Waals surface area contributed by atoms with Crippen molar-refractivity contribution in [2.75, 3.05) is 0 Å². The molecule has 98 valence electrons. The standard InChI is InChI=1S/C14H28F2/c1-5-10-14(4,16)12-9-7-6-8-11-13(2,3)15/h5-12H2,1-4H3. The van der Waals surface area contributed by atoms with E-state index in [-0.39, 0.29) is 0 Å². The van der Waals surface area contributed by atoms with Gasteiger partial charge in [-0.1, -0.05) is 39.0 Å². The van der Waals surface area contributed by atoms with Crippen molar-refractivity contribution >= 4 is 0 Å². The first kappa shape index (κ1) is 15.9. The number of hydrogen-bond donors (Lipinski definition) is 0. The van der Waals surface area contributed by atoms with Gasteiger partial charge in [0.05, 0.1) is 0 Å². The molecule has 1 atom stereocenters. The molecule has 0 spiro atoms. The third-order valence-corrected chi connectivity index (χ3v) is 2.99. The number of unbranched alkanes of at least 4 members (excludes halogenated alkanes) is 3. The quantitative estimate of drug-likeness (QED) is 0.455. The predicted molar refractivity (Wildman–Crippen MR) is 67.3 cm³/mol. The van der Waals surface area contributed by atoms with Gasteiger partial charge in [-0.3, -0.25) is 0 Å². The van der Waals surface area contributed by atoms with Crippen LogP contribution in [0.15, 0.2) is 0 Å². The molecule has 0 aliphatic carbocycles. The van der Waals surface area contributed by atoms with Crippen molar-refractivity contribution in [2.24, 2.45) is 0 Å². The molecule has 0 aromatic heterocycles. The van der Waals surface area contributed by atoms with Gasteiger partial charge in [-0.25, -0.2) is 8.78 Å². The number of hydrogen-bond acceptors (Lipinski definition) is 0. The molecular formula is C14H28F2. The predicted octanol–water partition coefficient (Wildman–Crippen LogP) is 5.60. The van der Waals surface area contributed by atoms with Crippen LogP contribution in [-0.4, -0.2) is 11.3 Å². The molecule has 0 aliphatic heterocycles. The molecule has 0 fully saturated rings. The van der Waals surface area contributed by atoms with Gasteiger partial charge in [-0.15, -0.1) is 0 Å². The van der Waals surface area contributed by atoms with Gasteiger partial charge in [0.25, 0.3) is 0 Å². The largest absolute Gasteiger partial charge is 0.245 e. The van der Waals surface area contributed by atoms with Gasteiger partial charge in [-0.2, -0.15) is 0 Å². The van der Waals surface area contributed by atoms with Gasteiger partial charge in [0.15, 0.2) is 0 Å². The molecule has 0 aromatic carbocycles. The highest BCUT2D eigenvalue weighted by atomic mass is 19.1. The second-order valence-electron chi connectivity index (χ2n) is 5.80. The van der Waals surface area contributed by atoms with E-state index in [4.69, 9.17) is 0 Å². The van der Waals surface area contributed by atoms with Gasteiger partial charge >= 0.3 is 0 Å². The molecule has 0 radical (unpaired) electrons. The highest BCUT2D eigenvalue weighted by Gasteiger charge is 2.20. The van der Waals surface area contributed by atoms with Crippen LogP contribution in [0.1, 0.15) is 79.1 Å². The van der Waals surface area contributed by atoms with Gasteiger partial charge < -0.3 is 0 Å². The topological polar surface area (TPSA) is 0 Å². The first-order chi connectivity index (χ1) is 7.27. The molecule has 0 saturated heterocycles. The second-order valence-corrected chi connectivity index (χ2v) is 5.80.